The van der Waals surface area contributed by atoms with E-state index in [1.54, 1.807) is 0 Å². The van der Waals surface area contributed by atoms with E-state index < -0.39 is 5.41 Å². The van der Waals surface area contributed by atoms with Crippen LogP contribution in [0.3, 0.4) is 0 Å². The summed E-state index contributed by atoms with van der Waals surface area (Å²) in [6.45, 7) is 0.801. The lowest BCUT2D eigenvalue weighted by molar-refractivity contribution is 0.769. The van der Waals surface area contributed by atoms with Crippen LogP contribution in [0, 0.1) is 0 Å². The molecule has 1 aliphatic heterocycles. The van der Waals surface area contributed by atoms with Gasteiger partial charge in [0.2, 0.25) is 0 Å². The Hall–Kier alpha value is -6.64. The summed E-state index contributed by atoms with van der Waals surface area (Å²) in [4.78, 5) is 9.97. The Balaban J connectivity index is 1.07. The van der Waals surface area contributed by atoms with Gasteiger partial charge in [-0.15, -0.1) is 0 Å². The summed E-state index contributed by atoms with van der Waals surface area (Å²) in [5.41, 5.74) is 17.3. The minimum Gasteiger partial charge on any atom is -0.283 e. The number of benzene rings is 7. The van der Waals surface area contributed by atoms with Crippen LogP contribution in [0.2, 0.25) is 0 Å². The predicted molar refractivity (Wildman–Crippen MR) is 221 cm³/mol. The smallest absolute Gasteiger partial charge is 0.0895 e. The first kappa shape index (κ1) is 31.1. The number of fused-ring (bicyclic) bond motifs is 4. The van der Waals surface area contributed by atoms with Gasteiger partial charge in [-0.25, -0.2) is 4.98 Å². The van der Waals surface area contributed by atoms with Crippen molar-refractivity contribution in [2.75, 3.05) is 6.54 Å². The molecule has 53 heavy (non-hydrogen) atoms. The number of hydrogen-bond acceptors (Lipinski definition) is 2. The van der Waals surface area contributed by atoms with Crippen LogP contribution < -0.4 is 0 Å². The third-order valence-electron chi connectivity index (χ3n) is 11.0. The maximum atomic E-state index is 5.17. The van der Waals surface area contributed by atoms with E-state index in [4.69, 9.17) is 9.98 Å². The average molecular weight is 677 g/mol. The molecule has 2 nitrogen and oxygen atoms in total. The highest BCUT2D eigenvalue weighted by Gasteiger charge is 2.46. The maximum Gasteiger partial charge on any atom is 0.0895 e. The fraction of sp³-hybridized carbons (Fsp3) is 0.0588. The quantitative estimate of drug-likeness (QED) is 0.172. The third-order valence-corrected chi connectivity index (χ3v) is 11.0. The number of aromatic nitrogens is 1. The molecule has 0 spiro atoms. The number of rotatable bonds is 6. The Bertz CT molecular complexity index is 2650. The zero-order valence-corrected chi connectivity index (χ0v) is 29.3. The van der Waals surface area contributed by atoms with Crippen molar-refractivity contribution in [2.24, 2.45) is 4.99 Å². The van der Waals surface area contributed by atoms with Crippen molar-refractivity contribution >= 4 is 16.6 Å². The molecule has 7 aromatic carbocycles. The Morgan fingerprint density at radius 2 is 1.02 bits per heavy atom. The van der Waals surface area contributed by atoms with E-state index in [0.29, 0.717) is 0 Å². The number of nitrogens with zero attached hydrogens (tertiary/aromatic N) is 2. The zero-order chi connectivity index (χ0) is 35.2. The first-order valence-corrected chi connectivity index (χ1v) is 18.5. The van der Waals surface area contributed by atoms with Gasteiger partial charge in [-0.1, -0.05) is 170 Å². The number of aliphatic imine (C=N–C) groups is 1. The Morgan fingerprint density at radius 1 is 0.434 bits per heavy atom. The van der Waals surface area contributed by atoms with Crippen molar-refractivity contribution in [1.29, 1.82) is 0 Å². The minimum absolute atomic E-state index is 0.418. The van der Waals surface area contributed by atoms with Gasteiger partial charge in [0.15, 0.2) is 0 Å². The summed E-state index contributed by atoms with van der Waals surface area (Å²) in [6.07, 6.45) is 5.27. The van der Waals surface area contributed by atoms with Crippen molar-refractivity contribution in [1.82, 2.24) is 4.98 Å². The van der Waals surface area contributed by atoms with Gasteiger partial charge in [0, 0.05) is 11.9 Å². The normalized spacial score (nSPS) is 14.1. The third kappa shape index (κ3) is 5.18. The molecule has 0 bridgehead atoms. The second kappa shape index (κ2) is 12.8. The SMILES string of the molecule is C1=CC(c2cc(-c3ccccc3)c3ccc(-c4ccc(-c5ccc6c(c5)C(c5ccccc5)(c5ccccc5)c5ccccc5-6)cc4)cc3n2)=NCC1. The molecule has 0 amide bonds. The predicted octanol–water partition coefficient (Wildman–Crippen LogP) is 12.3. The van der Waals surface area contributed by atoms with Gasteiger partial charge in [-0.3, -0.25) is 4.99 Å². The summed E-state index contributed by atoms with van der Waals surface area (Å²) in [6, 6.07) is 66.5. The fourth-order valence-corrected chi connectivity index (χ4v) is 8.55. The lowest BCUT2D eigenvalue weighted by Gasteiger charge is -2.34. The second-order valence-corrected chi connectivity index (χ2v) is 14.0. The monoisotopic (exact) mass is 676 g/mol. The van der Waals surface area contributed by atoms with E-state index in [0.717, 1.165) is 46.4 Å². The van der Waals surface area contributed by atoms with Gasteiger partial charge >= 0.3 is 0 Å². The van der Waals surface area contributed by atoms with E-state index in [9.17, 15) is 0 Å². The highest BCUT2D eigenvalue weighted by atomic mass is 14.8. The molecule has 1 aliphatic carbocycles. The molecular weight excluding hydrogens is 641 g/mol. The molecule has 1 aromatic heterocycles. The fourth-order valence-electron chi connectivity index (χ4n) is 8.55. The van der Waals surface area contributed by atoms with Gasteiger partial charge in [0.05, 0.1) is 22.3 Å². The number of allylic oxidation sites excluding steroid dienone is 1. The number of pyridine rings is 1. The van der Waals surface area contributed by atoms with Crippen molar-refractivity contribution < 1.29 is 0 Å². The second-order valence-electron chi connectivity index (χ2n) is 14.0. The van der Waals surface area contributed by atoms with Crippen LogP contribution in [0.15, 0.2) is 199 Å². The number of dihydropyridines is 1. The van der Waals surface area contributed by atoms with Crippen LogP contribution in [0.4, 0.5) is 0 Å². The van der Waals surface area contributed by atoms with E-state index in [1.807, 2.05) is 0 Å². The molecular formula is C51H36N2. The van der Waals surface area contributed by atoms with Crippen molar-refractivity contribution in [3.05, 3.63) is 222 Å². The van der Waals surface area contributed by atoms with Crippen LogP contribution in [-0.2, 0) is 5.41 Å². The van der Waals surface area contributed by atoms with E-state index in [2.05, 4.69) is 194 Å². The molecule has 0 saturated heterocycles. The molecule has 2 heteroatoms. The van der Waals surface area contributed by atoms with Crippen LogP contribution in [-0.4, -0.2) is 17.2 Å². The topological polar surface area (TPSA) is 25.2 Å². The van der Waals surface area contributed by atoms with Crippen molar-refractivity contribution in [3.8, 4) is 44.5 Å². The summed E-state index contributed by atoms with van der Waals surface area (Å²) >= 11 is 0. The molecule has 0 saturated carbocycles. The highest BCUT2D eigenvalue weighted by Crippen LogP contribution is 2.56. The van der Waals surface area contributed by atoms with Gasteiger partial charge < -0.3 is 0 Å². The summed E-state index contributed by atoms with van der Waals surface area (Å²) in [5, 5.41) is 1.14. The maximum absolute atomic E-state index is 5.17. The molecule has 10 rings (SSSR count). The average Bonchev–Trinajstić information content (AvgIpc) is 3.55. The van der Waals surface area contributed by atoms with Crippen molar-refractivity contribution in [2.45, 2.75) is 11.8 Å². The van der Waals surface area contributed by atoms with Gasteiger partial charge in [-0.2, -0.15) is 0 Å². The molecule has 250 valence electrons. The van der Waals surface area contributed by atoms with Crippen LogP contribution in [0.5, 0.6) is 0 Å². The lowest BCUT2D eigenvalue weighted by atomic mass is 9.67. The lowest BCUT2D eigenvalue weighted by Crippen LogP contribution is -2.28. The molecule has 0 N–H and O–H groups in total. The van der Waals surface area contributed by atoms with E-state index in [-0.39, 0.29) is 0 Å². The molecule has 8 aromatic rings. The first-order valence-electron chi connectivity index (χ1n) is 18.5. The molecule has 2 heterocycles. The van der Waals surface area contributed by atoms with E-state index >= 15 is 0 Å². The summed E-state index contributed by atoms with van der Waals surface area (Å²) in [5.74, 6) is 0. The highest BCUT2D eigenvalue weighted by molar-refractivity contribution is 6.11. The van der Waals surface area contributed by atoms with Crippen LogP contribution in [0.1, 0.15) is 34.4 Å². The Labute approximate surface area is 310 Å². The Kier molecular flexibility index (Phi) is 7.54. The molecule has 2 aliphatic rings. The molecule has 0 atom stereocenters. The van der Waals surface area contributed by atoms with Crippen molar-refractivity contribution in [3.63, 3.8) is 0 Å². The summed E-state index contributed by atoms with van der Waals surface area (Å²) in [7, 11) is 0. The molecule has 0 unspecified atom stereocenters. The van der Waals surface area contributed by atoms with E-state index in [1.165, 1.54) is 55.6 Å². The minimum atomic E-state index is -0.418. The van der Waals surface area contributed by atoms with Gasteiger partial charge in [-0.05, 0) is 97.5 Å². The molecule has 0 radical (unpaired) electrons. The summed E-state index contributed by atoms with van der Waals surface area (Å²) < 4.78 is 0. The van der Waals surface area contributed by atoms with Gasteiger partial charge in [0.25, 0.3) is 0 Å². The molecule has 0 fully saturated rings. The van der Waals surface area contributed by atoms with Crippen LogP contribution in [0.25, 0.3) is 55.4 Å². The van der Waals surface area contributed by atoms with Crippen LogP contribution >= 0.6 is 0 Å². The zero-order valence-electron chi connectivity index (χ0n) is 29.3. The first-order chi connectivity index (χ1) is 26.3. The standard InChI is InChI=1S/C51H36N2/c1-4-14-37(15-5-1)45-34-50(48-22-12-13-31-52-48)53-49-33-39(28-30-44(45)49)36-25-23-35(24-26-36)38-27-29-43-42-20-10-11-21-46(42)51(47(43)32-38,40-16-6-2-7-17-40)41-18-8-3-9-19-41/h1-12,14-30,32-34H,13,31H2. The largest absolute Gasteiger partial charge is 0.283 e. The van der Waals surface area contributed by atoms with Gasteiger partial charge in [0.1, 0.15) is 0 Å². The number of hydrogen-bond donors (Lipinski definition) is 0. The Morgan fingerprint density at radius 3 is 1.70 bits per heavy atom.